The number of rotatable bonds is 3. The van der Waals surface area contributed by atoms with Gasteiger partial charge in [0.25, 0.3) is 0 Å². The lowest BCUT2D eigenvalue weighted by Crippen LogP contribution is -2.08. The first-order chi connectivity index (χ1) is 7.31. The maximum Gasteiger partial charge on any atom is 0.142 e. The van der Waals surface area contributed by atoms with Crippen LogP contribution in [-0.4, -0.2) is 17.0 Å². The molecule has 0 amide bonds. The molecule has 0 radical (unpaired) electrons. The van der Waals surface area contributed by atoms with E-state index in [-0.39, 0.29) is 0 Å². The van der Waals surface area contributed by atoms with E-state index in [0.29, 0.717) is 6.54 Å². The van der Waals surface area contributed by atoms with Gasteiger partial charge in [-0.15, -0.1) is 11.3 Å². The molecule has 0 bridgehead atoms. The molecule has 78 valence electrons. The highest BCUT2D eigenvalue weighted by Gasteiger charge is 2.05. The maximum absolute atomic E-state index is 4.50. The molecule has 0 aliphatic carbocycles. The molecule has 3 nitrogen and oxygen atoms in total. The number of hydrogen-bond acceptors (Lipinski definition) is 4. The normalized spacial score (nSPS) is 10.5. The van der Waals surface area contributed by atoms with Gasteiger partial charge < -0.3 is 5.32 Å². The number of nitrogens with zero attached hydrogens (tertiary/aromatic N) is 2. The Morgan fingerprint density at radius 3 is 2.93 bits per heavy atom. The highest BCUT2D eigenvalue weighted by Crippen LogP contribution is 2.26. The molecule has 0 atom stereocenters. The molecule has 1 N–H and O–H groups in total. The van der Waals surface area contributed by atoms with E-state index in [1.54, 1.807) is 11.3 Å². The summed E-state index contributed by atoms with van der Waals surface area (Å²) >= 11 is 1.72. The zero-order valence-electron chi connectivity index (χ0n) is 8.82. The number of aryl methyl sites for hydroxylation is 1. The van der Waals surface area contributed by atoms with Gasteiger partial charge in [-0.1, -0.05) is 0 Å². The minimum Gasteiger partial charge on any atom is -0.313 e. The summed E-state index contributed by atoms with van der Waals surface area (Å²) in [6.07, 6.45) is 1.81. The highest BCUT2D eigenvalue weighted by atomic mass is 32.1. The Morgan fingerprint density at radius 1 is 1.40 bits per heavy atom. The van der Waals surface area contributed by atoms with Gasteiger partial charge in [0.15, 0.2) is 0 Å². The minimum absolute atomic E-state index is 0.707. The van der Waals surface area contributed by atoms with Gasteiger partial charge in [-0.2, -0.15) is 0 Å². The number of aromatic nitrogens is 2. The third-order valence-electron chi connectivity index (χ3n) is 2.14. The van der Waals surface area contributed by atoms with Gasteiger partial charge in [-0.25, -0.2) is 9.97 Å². The van der Waals surface area contributed by atoms with Crippen molar-refractivity contribution in [2.24, 2.45) is 0 Å². The second-order valence-corrected chi connectivity index (χ2v) is 4.24. The van der Waals surface area contributed by atoms with Crippen molar-refractivity contribution in [1.82, 2.24) is 15.3 Å². The molecule has 4 heteroatoms. The van der Waals surface area contributed by atoms with Crippen LogP contribution in [0, 0.1) is 6.92 Å². The quantitative estimate of drug-likeness (QED) is 0.860. The van der Waals surface area contributed by atoms with Gasteiger partial charge >= 0.3 is 0 Å². The van der Waals surface area contributed by atoms with Crippen LogP contribution in [-0.2, 0) is 6.54 Å². The van der Waals surface area contributed by atoms with Gasteiger partial charge in [-0.05, 0) is 37.0 Å². The highest BCUT2D eigenvalue weighted by molar-refractivity contribution is 7.13. The summed E-state index contributed by atoms with van der Waals surface area (Å²) in [4.78, 5) is 9.93. The van der Waals surface area contributed by atoms with E-state index in [2.05, 4.69) is 33.7 Å². The van der Waals surface area contributed by atoms with Gasteiger partial charge in [-0.3, -0.25) is 0 Å². The van der Waals surface area contributed by atoms with Crippen LogP contribution in [0.25, 0.3) is 10.6 Å². The Labute approximate surface area is 93.2 Å². The molecule has 0 fully saturated rings. The lowest BCUT2D eigenvalue weighted by Gasteiger charge is -2.02. The SMILES string of the molecule is CNCc1nccc(-c2sccc2C)n1. The number of hydrogen-bond donors (Lipinski definition) is 1. The van der Waals surface area contributed by atoms with Crippen molar-refractivity contribution in [3.8, 4) is 10.6 Å². The van der Waals surface area contributed by atoms with Crippen LogP contribution in [0.4, 0.5) is 0 Å². The molecule has 2 rings (SSSR count). The maximum atomic E-state index is 4.50. The molecule has 2 aromatic rings. The molecule has 15 heavy (non-hydrogen) atoms. The van der Waals surface area contributed by atoms with Crippen molar-refractivity contribution in [2.45, 2.75) is 13.5 Å². The Balaban J connectivity index is 2.37. The Kier molecular flexibility index (Phi) is 3.08. The first-order valence-corrected chi connectivity index (χ1v) is 5.70. The molecule has 0 unspecified atom stereocenters. The number of thiophene rings is 1. The lowest BCUT2D eigenvalue weighted by atomic mass is 10.2. The minimum atomic E-state index is 0.707. The summed E-state index contributed by atoms with van der Waals surface area (Å²) in [6, 6.07) is 4.07. The zero-order valence-corrected chi connectivity index (χ0v) is 9.64. The molecule has 2 aromatic heterocycles. The van der Waals surface area contributed by atoms with Crippen molar-refractivity contribution in [2.75, 3.05) is 7.05 Å². The van der Waals surface area contributed by atoms with Crippen molar-refractivity contribution < 1.29 is 0 Å². The average Bonchev–Trinajstić information content (AvgIpc) is 2.65. The first kappa shape index (κ1) is 10.3. The molecule has 2 heterocycles. The van der Waals surface area contributed by atoms with Crippen molar-refractivity contribution in [3.63, 3.8) is 0 Å². The van der Waals surface area contributed by atoms with E-state index in [1.807, 2.05) is 19.3 Å². The van der Waals surface area contributed by atoms with Crippen LogP contribution in [0.15, 0.2) is 23.7 Å². The van der Waals surface area contributed by atoms with Crippen LogP contribution < -0.4 is 5.32 Å². The van der Waals surface area contributed by atoms with Crippen LogP contribution in [0.5, 0.6) is 0 Å². The van der Waals surface area contributed by atoms with E-state index in [4.69, 9.17) is 0 Å². The van der Waals surface area contributed by atoms with E-state index >= 15 is 0 Å². The predicted octanol–water partition coefficient (Wildman–Crippen LogP) is 2.23. The summed E-state index contributed by atoms with van der Waals surface area (Å²) in [5.74, 6) is 0.836. The summed E-state index contributed by atoms with van der Waals surface area (Å²) < 4.78 is 0. The third kappa shape index (κ3) is 2.22. The summed E-state index contributed by atoms with van der Waals surface area (Å²) in [5, 5.41) is 5.14. The van der Waals surface area contributed by atoms with Crippen LogP contribution in [0.2, 0.25) is 0 Å². The molecule has 0 saturated heterocycles. The second-order valence-electron chi connectivity index (χ2n) is 3.32. The van der Waals surface area contributed by atoms with Gasteiger partial charge in [0, 0.05) is 6.20 Å². The average molecular weight is 219 g/mol. The largest absolute Gasteiger partial charge is 0.313 e. The molecule has 0 aliphatic heterocycles. The van der Waals surface area contributed by atoms with Crippen molar-refractivity contribution in [1.29, 1.82) is 0 Å². The summed E-state index contributed by atoms with van der Waals surface area (Å²) in [5.41, 5.74) is 2.29. The molecule has 0 aromatic carbocycles. The molecule has 0 spiro atoms. The van der Waals surface area contributed by atoms with Gasteiger partial charge in [0.2, 0.25) is 0 Å². The van der Waals surface area contributed by atoms with E-state index in [0.717, 1.165) is 11.5 Å². The van der Waals surface area contributed by atoms with Crippen molar-refractivity contribution in [3.05, 3.63) is 35.1 Å². The summed E-state index contributed by atoms with van der Waals surface area (Å²) in [6.45, 7) is 2.81. The standard InChI is InChI=1S/C11H13N3S/c1-8-4-6-15-11(8)9-3-5-13-10(14-9)7-12-2/h3-6,12H,7H2,1-2H3. The Morgan fingerprint density at radius 2 is 2.27 bits per heavy atom. The molecule has 0 aliphatic rings. The smallest absolute Gasteiger partial charge is 0.142 e. The Bertz CT molecular complexity index is 451. The fourth-order valence-corrected chi connectivity index (χ4v) is 2.30. The third-order valence-corrected chi connectivity index (χ3v) is 3.17. The fourth-order valence-electron chi connectivity index (χ4n) is 1.40. The zero-order chi connectivity index (χ0) is 10.7. The second kappa shape index (κ2) is 4.51. The van der Waals surface area contributed by atoms with Crippen LogP contribution in [0.1, 0.15) is 11.4 Å². The molecular weight excluding hydrogens is 206 g/mol. The predicted molar refractivity (Wildman–Crippen MR) is 62.8 cm³/mol. The van der Waals surface area contributed by atoms with Crippen molar-refractivity contribution >= 4 is 11.3 Å². The topological polar surface area (TPSA) is 37.8 Å². The molecular formula is C11H13N3S. The fraction of sp³-hybridized carbons (Fsp3) is 0.273. The Hall–Kier alpha value is -1.26. The van der Waals surface area contributed by atoms with Gasteiger partial charge in [0.1, 0.15) is 5.82 Å². The number of nitrogens with one attached hydrogen (secondary N) is 1. The van der Waals surface area contributed by atoms with E-state index < -0.39 is 0 Å². The van der Waals surface area contributed by atoms with Gasteiger partial charge in [0.05, 0.1) is 17.1 Å². The monoisotopic (exact) mass is 219 g/mol. The van der Waals surface area contributed by atoms with Crippen LogP contribution >= 0.6 is 11.3 Å². The summed E-state index contributed by atoms with van der Waals surface area (Å²) in [7, 11) is 1.90. The molecule has 0 saturated carbocycles. The van der Waals surface area contributed by atoms with E-state index in [1.165, 1.54) is 10.4 Å². The van der Waals surface area contributed by atoms with E-state index in [9.17, 15) is 0 Å². The first-order valence-electron chi connectivity index (χ1n) is 4.82. The van der Waals surface area contributed by atoms with Crippen LogP contribution in [0.3, 0.4) is 0 Å². The lowest BCUT2D eigenvalue weighted by molar-refractivity contribution is 0.759.